The second kappa shape index (κ2) is 6.16. The van der Waals surface area contributed by atoms with E-state index in [1.165, 1.54) is 7.11 Å². The van der Waals surface area contributed by atoms with Gasteiger partial charge in [0.25, 0.3) is 0 Å². The van der Waals surface area contributed by atoms with Crippen LogP contribution in [0.3, 0.4) is 0 Å². The summed E-state index contributed by atoms with van der Waals surface area (Å²) in [5.41, 5.74) is 1.08. The number of halogens is 1. The number of benzene rings is 1. The van der Waals surface area contributed by atoms with Gasteiger partial charge in [0.2, 0.25) is 11.9 Å². The van der Waals surface area contributed by atoms with Crippen molar-refractivity contribution in [3.8, 4) is 12.1 Å². The minimum Gasteiger partial charge on any atom is -0.467 e. The first-order valence-electron chi connectivity index (χ1n) is 5.60. The number of nitrogens with one attached hydrogen (secondary N) is 2. The average Bonchev–Trinajstić information content (AvgIpc) is 2.48. The summed E-state index contributed by atoms with van der Waals surface area (Å²) in [5, 5.41) is 14.9. The van der Waals surface area contributed by atoms with Crippen LogP contribution in [0, 0.1) is 11.3 Å². The summed E-state index contributed by atoms with van der Waals surface area (Å²) in [6.45, 7) is 0. The van der Waals surface area contributed by atoms with Crippen molar-refractivity contribution in [2.45, 2.75) is 0 Å². The van der Waals surface area contributed by atoms with Crippen molar-refractivity contribution in [1.82, 2.24) is 15.0 Å². The van der Waals surface area contributed by atoms with Crippen LogP contribution >= 0.6 is 15.9 Å². The van der Waals surface area contributed by atoms with Gasteiger partial charge >= 0.3 is 6.01 Å². The number of nitriles is 1. The largest absolute Gasteiger partial charge is 0.467 e. The van der Waals surface area contributed by atoms with Crippen LogP contribution < -0.4 is 15.4 Å². The number of nitrogens with zero attached hydrogens (tertiary/aromatic N) is 4. The van der Waals surface area contributed by atoms with Gasteiger partial charge in [-0.2, -0.15) is 20.2 Å². The van der Waals surface area contributed by atoms with Gasteiger partial charge in [-0.15, -0.1) is 0 Å². The van der Waals surface area contributed by atoms with Gasteiger partial charge in [-0.25, -0.2) is 0 Å². The van der Waals surface area contributed by atoms with E-state index in [1.807, 2.05) is 6.07 Å². The number of rotatable bonds is 4. The lowest BCUT2D eigenvalue weighted by molar-refractivity contribution is 0.379. The summed E-state index contributed by atoms with van der Waals surface area (Å²) in [6.07, 6.45) is 0. The topological polar surface area (TPSA) is 95.8 Å². The Morgan fingerprint density at radius 2 is 2.00 bits per heavy atom. The molecule has 102 valence electrons. The van der Waals surface area contributed by atoms with Crippen LogP contribution in [-0.2, 0) is 0 Å². The van der Waals surface area contributed by atoms with Gasteiger partial charge < -0.3 is 15.4 Å². The van der Waals surface area contributed by atoms with Crippen LogP contribution in [0.2, 0.25) is 0 Å². The van der Waals surface area contributed by atoms with Crippen LogP contribution in [0.5, 0.6) is 6.01 Å². The summed E-state index contributed by atoms with van der Waals surface area (Å²) in [5.74, 6) is 0.662. The van der Waals surface area contributed by atoms with E-state index < -0.39 is 0 Å². The summed E-state index contributed by atoms with van der Waals surface area (Å²) >= 11 is 3.32. The van der Waals surface area contributed by atoms with Gasteiger partial charge in [-0.3, -0.25) is 0 Å². The van der Waals surface area contributed by atoms with Crippen LogP contribution in [0.25, 0.3) is 0 Å². The van der Waals surface area contributed by atoms with Gasteiger partial charge in [0.15, 0.2) is 0 Å². The molecule has 0 aliphatic heterocycles. The molecular formula is C12H11BrN6O. The third-order valence-electron chi connectivity index (χ3n) is 2.37. The molecule has 0 radical (unpaired) electrons. The number of methoxy groups -OCH3 is 1. The second-order valence-corrected chi connectivity index (χ2v) is 4.56. The number of hydrogen-bond donors (Lipinski definition) is 2. The third kappa shape index (κ3) is 3.13. The van der Waals surface area contributed by atoms with Crippen molar-refractivity contribution in [3.63, 3.8) is 0 Å². The molecule has 2 aromatic rings. The Balaban J connectivity index is 2.37. The molecule has 20 heavy (non-hydrogen) atoms. The molecule has 7 nitrogen and oxygen atoms in total. The molecule has 0 atom stereocenters. The highest BCUT2D eigenvalue weighted by atomic mass is 79.9. The molecule has 2 rings (SSSR count). The van der Waals surface area contributed by atoms with E-state index in [-0.39, 0.29) is 6.01 Å². The maximum absolute atomic E-state index is 9.12. The van der Waals surface area contributed by atoms with Crippen molar-refractivity contribution in [2.24, 2.45) is 0 Å². The fourth-order valence-corrected chi connectivity index (χ4v) is 1.82. The minimum atomic E-state index is 0.183. The molecule has 0 unspecified atom stereocenters. The zero-order valence-electron chi connectivity index (χ0n) is 10.8. The number of aromatic nitrogens is 3. The van der Waals surface area contributed by atoms with Crippen LogP contribution in [0.4, 0.5) is 17.6 Å². The fraction of sp³-hybridized carbons (Fsp3) is 0.167. The van der Waals surface area contributed by atoms with E-state index in [0.29, 0.717) is 23.1 Å². The highest BCUT2D eigenvalue weighted by Gasteiger charge is 2.09. The van der Waals surface area contributed by atoms with Crippen molar-refractivity contribution >= 4 is 33.5 Å². The van der Waals surface area contributed by atoms with Crippen LogP contribution in [0.15, 0.2) is 22.7 Å². The first kappa shape index (κ1) is 14.0. The van der Waals surface area contributed by atoms with E-state index in [1.54, 1.807) is 19.2 Å². The summed E-state index contributed by atoms with van der Waals surface area (Å²) in [7, 11) is 3.16. The van der Waals surface area contributed by atoms with E-state index in [0.717, 1.165) is 4.47 Å². The molecule has 0 saturated heterocycles. The first-order chi connectivity index (χ1) is 9.66. The van der Waals surface area contributed by atoms with Crippen LogP contribution in [-0.4, -0.2) is 29.1 Å². The van der Waals surface area contributed by atoms with Crippen molar-refractivity contribution in [3.05, 3.63) is 28.2 Å². The lowest BCUT2D eigenvalue weighted by atomic mass is 10.2. The SMILES string of the molecule is CNc1nc(Nc2ccc(Br)cc2C#N)nc(OC)n1. The van der Waals surface area contributed by atoms with Crippen molar-refractivity contribution < 1.29 is 4.74 Å². The maximum atomic E-state index is 9.12. The van der Waals surface area contributed by atoms with Gasteiger partial charge in [0, 0.05) is 11.5 Å². The Hall–Kier alpha value is -2.40. The molecule has 0 bridgehead atoms. The average molecular weight is 335 g/mol. The molecule has 0 amide bonds. The minimum absolute atomic E-state index is 0.183. The Morgan fingerprint density at radius 1 is 1.25 bits per heavy atom. The quantitative estimate of drug-likeness (QED) is 0.885. The molecule has 2 N–H and O–H groups in total. The Labute approximate surface area is 124 Å². The van der Waals surface area contributed by atoms with Gasteiger partial charge in [0.1, 0.15) is 6.07 Å². The summed E-state index contributed by atoms with van der Waals surface area (Å²) in [6, 6.07) is 7.58. The van der Waals surface area contributed by atoms with Gasteiger partial charge in [-0.05, 0) is 18.2 Å². The Kier molecular flexibility index (Phi) is 4.32. The number of hydrogen-bond acceptors (Lipinski definition) is 7. The highest BCUT2D eigenvalue weighted by Crippen LogP contribution is 2.23. The standard InChI is InChI=1S/C12H11BrN6O/c1-15-10-17-11(19-12(18-10)20-2)16-9-4-3-8(13)5-7(9)6-14/h3-5H,1-2H3,(H2,15,16,17,18,19). The third-order valence-corrected chi connectivity index (χ3v) is 2.86. The fourth-order valence-electron chi connectivity index (χ4n) is 1.45. The molecule has 0 fully saturated rings. The summed E-state index contributed by atoms with van der Waals surface area (Å²) < 4.78 is 5.82. The first-order valence-corrected chi connectivity index (χ1v) is 6.40. The predicted molar refractivity (Wildman–Crippen MR) is 78.1 cm³/mol. The predicted octanol–water partition coefficient (Wildman–Crippen LogP) is 2.30. The molecule has 0 spiro atoms. The van der Waals surface area contributed by atoms with E-state index in [9.17, 15) is 0 Å². The van der Waals surface area contributed by atoms with E-state index in [2.05, 4.69) is 47.6 Å². The van der Waals surface area contributed by atoms with Crippen LogP contribution in [0.1, 0.15) is 5.56 Å². The Morgan fingerprint density at radius 3 is 2.65 bits per heavy atom. The normalized spacial score (nSPS) is 9.70. The van der Waals surface area contributed by atoms with Gasteiger partial charge in [-0.1, -0.05) is 15.9 Å². The van der Waals surface area contributed by atoms with Crippen molar-refractivity contribution in [1.29, 1.82) is 5.26 Å². The molecule has 1 heterocycles. The lowest BCUT2D eigenvalue weighted by Crippen LogP contribution is -2.06. The van der Waals surface area contributed by atoms with E-state index in [4.69, 9.17) is 10.00 Å². The smallest absolute Gasteiger partial charge is 0.322 e. The zero-order chi connectivity index (χ0) is 14.5. The molecule has 0 aliphatic carbocycles. The zero-order valence-corrected chi connectivity index (χ0v) is 12.4. The molecular weight excluding hydrogens is 324 g/mol. The maximum Gasteiger partial charge on any atom is 0.322 e. The lowest BCUT2D eigenvalue weighted by Gasteiger charge is -2.09. The molecule has 0 saturated carbocycles. The van der Waals surface area contributed by atoms with Crippen molar-refractivity contribution in [2.75, 3.05) is 24.8 Å². The molecule has 1 aromatic heterocycles. The number of ether oxygens (including phenoxy) is 1. The highest BCUT2D eigenvalue weighted by molar-refractivity contribution is 9.10. The number of anilines is 3. The molecule has 1 aromatic carbocycles. The Bertz CT molecular complexity index is 647. The molecule has 0 aliphatic rings. The molecule has 8 heteroatoms. The second-order valence-electron chi connectivity index (χ2n) is 3.65. The van der Waals surface area contributed by atoms with E-state index >= 15 is 0 Å². The summed E-state index contributed by atoms with van der Waals surface area (Å²) in [4.78, 5) is 12.2. The van der Waals surface area contributed by atoms with Gasteiger partial charge in [0.05, 0.1) is 18.4 Å². The monoisotopic (exact) mass is 334 g/mol.